The molecule has 3 aliphatic rings. The van der Waals surface area contributed by atoms with Crippen LogP contribution in [-0.2, 0) is 5.41 Å². The third-order valence-electron chi connectivity index (χ3n) is 6.13. The van der Waals surface area contributed by atoms with Gasteiger partial charge >= 0.3 is 0 Å². The van der Waals surface area contributed by atoms with E-state index in [1.807, 2.05) is 20.8 Å². The van der Waals surface area contributed by atoms with Gasteiger partial charge in [-0.3, -0.25) is 4.79 Å². The summed E-state index contributed by atoms with van der Waals surface area (Å²) >= 11 is 0. The Morgan fingerprint density at radius 1 is 1.32 bits per heavy atom. The van der Waals surface area contributed by atoms with Gasteiger partial charge in [0.05, 0.1) is 18.8 Å². The van der Waals surface area contributed by atoms with Crippen LogP contribution in [0.25, 0.3) is 0 Å². The van der Waals surface area contributed by atoms with E-state index in [1.54, 1.807) is 6.08 Å². The molecule has 4 rings (SSSR count). The van der Waals surface area contributed by atoms with E-state index in [1.165, 1.54) is 0 Å². The molecule has 1 aliphatic heterocycles. The lowest BCUT2D eigenvalue weighted by molar-refractivity contribution is 0.103. The van der Waals surface area contributed by atoms with E-state index in [0.29, 0.717) is 36.3 Å². The van der Waals surface area contributed by atoms with Crippen molar-refractivity contribution >= 4 is 5.78 Å². The Morgan fingerprint density at radius 3 is 2.72 bits per heavy atom. The number of aromatic hydroxyl groups is 2. The number of carbonyl (C=O) groups excluding carboxylic acids is 1. The second kappa shape index (κ2) is 5.11. The first-order valence-corrected chi connectivity index (χ1v) is 8.62. The zero-order valence-electron chi connectivity index (χ0n) is 14.6. The molecule has 25 heavy (non-hydrogen) atoms. The van der Waals surface area contributed by atoms with E-state index in [2.05, 4.69) is 0 Å². The number of benzene rings is 1. The maximum atomic E-state index is 12.8. The quantitative estimate of drug-likeness (QED) is 0.683. The first-order chi connectivity index (χ1) is 11.8. The minimum Gasteiger partial charge on any atom is -0.507 e. The molecule has 0 saturated heterocycles. The fraction of sp³-hybridized carbons (Fsp3) is 0.450. The van der Waals surface area contributed by atoms with Gasteiger partial charge in [0.15, 0.2) is 17.3 Å². The van der Waals surface area contributed by atoms with Crippen LogP contribution >= 0.6 is 0 Å². The Balaban J connectivity index is 2.05. The first-order valence-electron chi connectivity index (χ1n) is 8.62. The molecule has 5 nitrogen and oxygen atoms in total. The van der Waals surface area contributed by atoms with Gasteiger partial charge in [0.25, 0.3) is 0 Å². The highest BCUT2D eigenvalue weighted by molar-refractivity contribution is 6.12. The fourth-order valence-electron chi connectivity index (χ4n) is 4.65. The largest absolute Gasteiger partial charge is 0.507 e. The number of fused-ring (bicyclic) bond motifs is 4. The van der Waals surface area contributed by atoms with E-state index < -0.39 is 5.41 Å². The highest BCUT2D eigenvalue weighted by Gasteiger charge is 2.47. The molecule has 1 heterocycles. The van der Waals surface area contributed by atoms with E-state index in [0.717, 1.165) is 16.7 Å². The van der Waals surface area contributed by atoms with Crippen LogP contribution in [0.1, 0.15) is 61.0 Å². The van der Waals surface area contributed by atoms with Crippen LogP contribution in [0, 0.1) is 0 Å². The second-order valence-electron chi connectivity index (χ2n) is 7.54. The number of phenolic OH excluding ortho intramolecular Hbond substituents is 2. The standard InChI is InChI=1S/C20H22O5/c1-9-8-25-19-14(9)17(23)15-13(22)6-12-10(2)11(7-21)4-5-20(12,3)16(15)18(19)24/h6,9,21,23-24H,4-5,7-8H2,1-3H3. The monoisotopic (exact) mass is 342 g/mol. The minimum absolute atomic E-state index is 0.0335. The van der Waals surface area contributed by atoms with Gasteiger partial charge in [0, 0.05) is 22.5 Å². The molecule has 0 amide bonds. The molecule has 0 bridgehead atoms. The summed E-state index contributed by atoms with van der Waals surface area (Å²) in [6.07, 6.45) is 2.88. The van der Waals surface area contributed by atoms with Gasteiger partial charge in [-0.05, 0) is 42.6 Å². The number of aliphatic hydroxyl groups excluding tert-OH is 1. The smallest absolute Gasteiger partial charge is 0.190 e. The van der Waals surface area contributed by atoms with E-state index in [9.17, 15) is 20.1 Å². The topological polar surface area (TPSA) is 87.0 Å². The normalized spacial score (nSPS) is 27.4. The number of rotatable bonds is 1. The van der Waals surface area contributed by atoms with Crippen LogP contribution in [0.2, 0.25) is 0 Å². The third-order valence-corrected chi connectivity index (χ3v) is 6.13. The lowest BCUT2D eigenvalue weighted by Crippen LogP contribution is -2.35. The molecule has 0 aromatic heterocycles. The number of hydrogen-bond donors (Lipinski definition) is 3. The van der Waals surface area contributed by atoms with Gasteiger partial charge in [0.1, 0.15) is 5.75 Å². The Hall–Kier alpha value is -2.27. The molecule has 2 unspecified atom stereocenters. The Kier molecular flexibility index (Phi) is 3.32. The molecule has 1 aromatic carbocycles. The van der Waals surface area contributed by atoms with Crippen molar-refractivity contribution < 1.29 is 24.9 Å². The summed E-state index contributed by atoms with van der Waals surface area (Å²) in [5.41, 5.74) is 3.18. The van der Waals surface area contributed by atoms with Crippen molar-refractivity contribution in [2.24, 2.45) is 0 Å². The Bertz CT molecular complexity index is 877. The molecule has 2 aliphatic carbocycles. The average Bonchev–Trinajstić information content (AvgIpc) is 2.96. The number of ketones is 1. The predicted octanol–water partition coefficient (Wildman–Crippen LogP) is 3.08. The van der Waals surface area contributed by atoms with Crippen LogP contribution in [0.5, 0.6) is 17.2 Å². The summed E-state index contributed by atoms with van der Waals surface area (Å²) in [4.78, 5) is 12.8. The zero-order valence-corrected chi connectivity index (χ0v) is 14.6. The van der Waals surface area contributed by atoms with Crippen molar-refractivity contribution in [3.63, 3.8) is 0 Å². The molecule has 2 atom stereocenters. The summed E-state index contributed by atoms with van der Waals surface area (Å²) < 4.78 is 5.62. The van der Waals surface area contributed by atoms with Crippen molar-refractivity contribution in [3.8, 4) is 17.2 Å². The molecule has 0 fully saturated rings. The summed E-state index contributed by atoms with van der Waals surface area (Å²) in [6, 6.07) is 0. The van der Waals surface area contributed by atoms with Crippen molar-refractivity contribution in [2.75, 3.05) is 13.2 Å². The summed E-state index contributed by atoms with van der Waals surface area (Å²) in [5.74, 6) is -0.187. The van der Waals surface area contributed by atoms with Gasteiger partial charge in [-0.25, -0.2) is 0 Å². The van der Waals surface area contributed by atoms with Gasteiger partial charge in [-0.15, -0.1) is 0 Å². The molecule has 0 spiro atoms. The number of allylic oxidation sites excluding steroid dienone is 3. The maximum absolute atomic E-state index is 12.8. The fourth-order valence-corrected chi connectivity index (χ4v) is 4.65. The van der Waals surface area contributed by atoms with Crippen LogP contribution in [0.3, 0.4) is 0 Å². The Labute approximate surface area is 146 Å². The second-order valence-corrected chi connectivity index (χ2v) is 7.54. The Morgan fingerprint density at radius 2 is 2.04 bits per heavy atom. The van der Waals surface area contributed by atoms with Crippen LogP contribution in [0.15, 0.2) is 22.8 Å². The van der Waals surface area contributed by atoms with Crippen molar-refractivity contribution in [2.45, 2.75) is 44.9 Å². The predicted molar refractivity (Wildman–Crippen MR) is 92.5 cm³/mol. The van der Waals surface area contributed by atoms with Gasteiger partial charge < -0.3 is 20.1 Å². The highest BCUT2D eigenvalue weighted by atomic mass is 16.5. The molecule has 1 aromatic rings. The molecule has 0 saturated carbocycles. The molecular formula is C20H22O5. The number of ether oxygens (including phenoxy) is 1. The van der Waals surface area contributed by atoms with Gasteiger partial charge in [-0.1, -0.05) is 13.8 Å². The zero-order chi connectivity index (χ0) is 18.1. The van der Waals surface area contributed by atoms with E-state index >= 15 is 0 Å². The molecule has 3 N–H and O–H groups in total. The number of hydrogen-bond acceptors (Lipinski definition) is 5. The molecular weight excluding hydrogens is 320 g/mol. The van der Waals surface area contributed by atoms with Crippen LogP contribution < -0.4 is 4.74 Å². The van der Waals surface area contributed by atoms with Gasteiger partial charge in [0.2, 0.25) is 0 Å². The van der Waals surface area contributed by atoms with E-state index in [4.69, 9.17) is 4.74 Å². The average molecular weight is 342 g/mol. The molecule has 132 valence electrons. The minimum atomic E-state index is -0.599. The SMILES string of the molecule is CC1=C(CO)CCC2(C)C1=CC(=O)c1c(O)c3c(c(O)c12)OCC3C. The van der Waals surface area contributed by atoms with Crippen molar-refractivity contribution in [1.82, 2.24) is 0 Å². The molecule has 5 heteroatoms. The summed E-state index contributed by atoms with van der Waals surface area (Å²) in [7, 11) is 0. The lowest BCUT2D eigenvalue weighted by atomic mass is 9.61. The van der Waals surface area contributed by atoms with Crippen molar-refractivity contribution in [3.05, 3.63) is 39.5 Å². The maximum Gasteiger partial charge on any atom is 0.190 e. The first kappa shape index (κ1) is 16.2. The van der Waals surface area contributed by atoms with Gasteiger partial charge in [-0.2, -0.15) is 0 Å². The highest BCUT2D eigenvalue weighted by Crippen LogP contribution is 2.59. The third kappa shape index (κ3) is 1.90. The molecule has 0 radical (unpaired) electrons. The summed E-state index contributed by atoms with van der Waals surface area (Å²) in [5, 5.41) is 31.3. The van der Waals surface area contributed by atoms with Crippen LogP contribution in [-0.4, -0.2) is 34.3 Å². The summed E-state index contributed by atoms with van der Waals surface area (Å²) in [6.45, 7) is 6.11. The number of carbonyl (C=O) groups is 1. The van der Waals surface area contributed by atoms with Crippen molar-refractivity contribution in [1.29, 1.82) is 0 Å². The number of phenols is 2. The van der Waals surface area contributed by atoms with Crippen LogP contribution in [0.4, 0.5) is 0 Å². The lowest BCUT2D eigenvalue weighted by Gasteiger charge is -2.42. The van der Waals surface area contributed by atoms with E-state index in [-0.39, 0.29) is 35.4 Å². The number of aliphatic hydroxyl groups is 1.